The second-order valence-corrected chi connectivity index (χ2v) is 9.33. The van der Waals surface area contributed by atoms with Crippen LogP contribution in [0.5, 0.6) is 0 Å². The van der Waals surface area contributed by atoms with Gasteiger partial charge in [0.2, 0.25) is 5.91 Å². The van der Waals surface area contributed by atoms with Crippen molar-refractivity contribution in [1.82, 2.24) is 19.9 Å². The van der Waals surface area contributed by atoms with Crippen LogP contribution >= 0.6 is 23.1 Å². The van der Waals surface area contributed by atoms with E-state index in [1.54, 1.807) is 17.7 Å². The number of para-hydroxylation sites is 1. The molecule has 142 valence electrons. The van der Waals surface area contributed by atoms with Crippen LogP contribution in [0.2, 0.25) is 0 Å². The van der Waals surface area contributed by atoms with Crippen molar-refractivity contribution in [3.05, 3.63) is 36.7 Å². The van der Waals surface area contributed by atoms with E-state index < -0.39 is 0 Å². The van der Waals surface area contributed by atoms with Crippen molar-refractivity contribution in [1.29, 1.82) is 0 Å². The van der Waals surface area contributed by atoms with E-state index in [2.05, 4.69) is 29.0 Å². The highest BCUT2D eigenvalue weighted by Gasteiger charge is 2.22. The molecule has 0 aliphatic carbocycles. The third-order valence-corrected chi connectivity index (χ3v) is 7.45. The molecule has 28 heavy (non-hydrogen) atoms. The van der Waals surface area contributed by atoms with Crippen LogP contribution in [0.15, 0.2) is 41.7 Å². The van der Waals surface area contributed by atoms with Crippen LogP contribution in [-0.4, -0.2) is 44.6 Å². The van der Waals surface area contributed by atoms with Gasteiger partial charge in [-0.25, -0.2) is 15.0 Å². The number of thioether (sulfide) groups is 1. The van der Waals surface area contributed by atoms with Crippen molar-refractivity contribution in [3.63, 3.8) is 0 Å². The molecule has 1 saturated heterocycles. The van der Waals surface area contributed by atoms with Gasteiger partial charge in [0.25, 0.3) is 0 Å². The number of hydrogen-bond acceptors (Lipinski definition) is 6. The molecule has 3 aromatic heterocycles. The fraction of sp³-hybridized carbons (Fsp3) is 0.333. The quantitative estimate of drug-likeness (QED) is 0.362. The van der Waals surface area contributed by atoms with Crippen molar-refractivity contribution in [2.24, 2.45) is 5.92 Å². The molecule has 1 atom stereocenters. The molecule has 4 heterocycles. The molecule has 1 aliphatic rings. The van der Waals surface area contributed by atoms with Crippen LogP contribution in [0.4, 0.5) is 0 Å². The molecule has 1 fully saturated rings. The van der Waals surface area contributed by atoms with E-state index in [4.69, 9.17) is 4.98 Å². The van der Waals surface area contributed by atoms with E-state index in [9.17, 15) is 4.79 Å². The van der Waals surface area contributed by atoms with E-state index >= 15 is 0 Å². The number of likely N-dealkylation sites (tertiary alicyclic amines) is 1. The molecule has 1 aliphatic heterocycles. The summed E-state index contributed by atoms with van der Waals surface area (Å²) >= 11 is 3.12. The molecule has 5 nitrogen and oxygen atoms in total. The third-order valence-electron chi connectivity index (χ3n) is 5.26. The fourth-order valence-corrected chi connectivity index (χ4v) is 5.92. The number of carbonyl (C=O) groups is 1. The molecule has 1 amide bonds. The van der Waals surface area contributed by atoms with E-state index in [1.165, 1.54) is 18.2 Å². The Balaban J connectivity index is 1.46. The summed E-state index contributed by atoms with van der Waals surface area (Å²) < 4.78 is 1.02. The number of nitrogens with zero attached hydrogens (tertiary/aromatic N) is 4. The minimum Gasteiger partial charge on any atom is -0.342 e. The standard InChI is InChI=1S/C21H20N4OS2/c1-13-5-4-8-25(10-13)17(26)11-27-21-19-18(22-12-23-21)15-9-14-6-2-3-7-16(14)24-20(15)28-19/h2-3,6-7,9,12-13H,4-5,8,10-11H2,1H3. The number of piperidine rings is 1. The molecule has 0 N–H and O–H groups in total. The van der Waals surface area contributed by atoms with Crippen LogP contribution in [0.3, 0.4) is 0 Å². The predicted molar refractivity (Wildman–Crippen MR) is 116 cm³/mol. The molecular weight excluding hydrogens is 388 g/mol. The second kappa shape index (κ2) is 7.29. The number of amides is 1. The Bertz CT molecular complexity index is 1190. The highest BCUT2D eigenvalue weighted by molar-refractivity contribution is 8.00. The number of aromatic nitrogens is 3. The molecule has 0 radical (unpaired) electrons. The number of thiophene rings is 1. The summed E-state index contributed by atoms with van der Waals surface area (Å²) in [5.74, 6) is 1.22. The minimum absolute atomic E-state index is 0.202. The molecule has 0 spiro atoms. The summed E-state index contributed by atoms with van der Waals surface area (Å²) in [5.41, 5.74) is 1.91. The zero-order chi connectivity index (χ0) is 19.1. The molecule has 1 unspecified atom stereocenters. The van der Waals surface area contributed by atoms with Crippen LogP contribution in [0, 0.1) is 5.92 Å². The zero-order valence-electron chi connectivity index (χ0n) is 15.6. The lowest BCUT2D eigenvalue weighted by atomic mass is 10.0. The minimum atomic E-state index is 0.202. The smallest absolute Gasteiger partial charge is 0.232 e. The monoisotopic (exact) mass is 408 g/mol. The van der Waals surface area contributed by atoms with Gasteiger partial charge in [-0.1, -0.05) is 36.9 Å². The van der Waals surface area contributed by atoms with E-state index in [0.29, 0.717) is 11.7 Å². The number of rotatable bonds is 3. The Morgan fingerprint density at radius 3 is 3.11 bits per heavy atom. The van der Waals surface area contributed by atoms with Crippen LogP contribution < -0.4 is 0 Å². The maximum absolute atomic E-state index is 12.6. The highest BCUT2D eigenvalue weighted by Crippen LogP contribution is 2.37. The summed E-state index contributed by atoms with van der Waals surface area (Å²) in [6.45, 7) is 3.97. The van der Waals surface area contributed by atoms with Gasteiger partial charge in [0.15, 0.2) is 0 Å². The van der Waals surface area contributed by atoms with Gasteiger partial charge in [-0.2, -0.15) is 0 Å². The summed E-state index contributed by atoms with van der Waals surface area (Å²) in [4.78, 5) is 29.4. The lowest BCUT2D eigenvalue weighted by Gasteiger charge is -2.30. The fourth-order valence-electron chi connectivity index (χ4n) is 3.82. The van der Waals surface area contributed by atoms with E-state index in [0.717, 1.165) is 55.9 Å². The first-order chi connectivity index (χ1) is 13.7. The van der Waals surface area contributed by atoms with Crippen molar-refractivity contribution in [3.8, 4) is 0 Å². The molecule has 7 heteroatoms. The number of benzene rings is 1. The van der Waals surface area contributed by atoms with E-state index in [1.807, 2.05) is 23.1 Å². The lowest BCUT2D eigenvalue weighted by Crippen LogP contribution is -2.40. The molecule has 1 aromatic carbocycles. The Morgan fingerprint density at radius 1 is 1.32 bits per heavy atom. The first kappa shape index (κ1) is 17.8. The second-order valence-electron chi connectivity index (χ2n) is 7.37. The molecular formula is C21H20N4OS2. The average Bonchev–Trinajstić information content (AvgIpc) is 3.08. The van der Waals surface area contributed by atoms with Gasteiger partial charge >= 0.3 is 0 Å². The Kier molecular flexibility index (Phi) is 4.64. The topological polar surface area (TPSA) is 59.0 Å². The van der Waals surface area contributed by atoms with Crippen molar-refractivity contribution < 1.29 is 4.79 Å². The summed E-state index contributed by atoms with van der Waals surface area (Å²) in [6, 6.07) is 10.3. The van der Waals surface area contributed by atoms with Crippen LogP contribution in [0.25, 0.3) is 31.3 Å². The Labute approximate surface area is 171 Å². The predicted octanol–water partition coefficient (Wildman–Crippen LogP) is 4.74. The van der Waals surface area contributed by atoms with Gasteiger partial charge in [-0.15, -0.1) is 11.3 Å². The van der Waals surface area contributed by atoms with Crippen molar-refractivity contribution >= 4 is 60.3 Å². The summed E-state index contributed by atoms with van der Waals surface area (Å²) in [6.07, 6.45) is 3.91. The van der Waals surface area contributed by atoms with E-state index in [-0.39, 0.29) is 5.91 Å². The summed E-state index contributed by atoms with van der Waals surface area (Å²) in [7, 11) is 0. The van der Waals surface area contributed by atoms with Gasteiger partial charge in [0.05, 0.1) is 21.5 Å². The third kappa shape index (κ3) is 3.22. The van der Waals surface area contributed by atoms with Crippen molar-refractivity contribution in [2.75, 3.05) is 18.8 Å². The number of pyridine rings is 1. The first-order valence-corrected chi connectivity index (χ1v) is 11.3. The first-order valence-electron chi connectivity index (χ1n) is 9.52. The molecule has 5 rings (SSSR count). The van der Waals surface area contributed by atoms with Crippen LogP contribution in [-0.2, 0) is 4.79 Å². The zero-order valence-corrected chi connectivity index (χ0v) is 17.2. The van der Waals surface area contributed by atoms with Gasteiger partial charge in [0, 0.05) is 23.9 Å². The van der Waals surface area contributed by atoms with Gasteiger partial charge in [-0.3, -0.25) is 4.79 Å². The number of hydrogen-bond donors (Lipinski definition) is 0. The Morgan fingerprint density at radius 2 is 2.21 bits per heavy atom. The lowest BCUT2D eigenvalue weighted by molar-refractivity contribution is -0.130. The highest BCUT2D eigenvalue weighted by atomic mass is 32.2. The summed E-state index contributed by atoms with van der Waals surface area (Å²) in [5, 5.41) is 3.03. The maximum atomic E-state index is 12.6. The average molecular weight is 409 g/mol. The Hall–Kier alpha value is -2.25. The largest absolute Gasteiger partial charge is 0.342 e. The molecule has 0 bridgehead atoms. The van der Waals surface area contributed by atoms with Gasteiger partial charge in [0.1, 0.15) is 16.2 Å². The maximum Gasteiger partial charge on any atom is 0.232 e. The number of carbonyl (C=O) groups excluding carboxylic acids is 1. The number of fused-ring (bicyclic) bond motifs is 4. The van der Waals surface area contributed by atoms with Gasteiger partial charge < -0.3 is 4.90 Å². The normalized spacial score (nSPS) is 17.6. The molecule has 0 saturated carbocycles. The van der Waals surface area contributed by atoms with Crippen molar-refractivity contribution in [2.45, 2.75) is 24.8 Å². The van der Waals surface area contributed by atoms with Gasteiger partial charge in [-0.05, 0) is 30.9 Å². The van der Waals surface area contributed by atoms with Crippen LogP contribution in [0.1, 0.15) is 19.8 Å². The molecule has 4 aromatic rings. The SMILES string of the molecule is CC1CCCN(C(=O)CSc2ncnc3c2sc2nc4ccccc4cc23)C1.